The minimum absolute atomic E-state index is 0.241. The Hall–Kier alpha value is -3.19. The number of fused-ring (bicyclic) bond motifs is 1. The van der Waals surface area contributed by atoms with Gasteiger partial charge in [0.1, 0.15) is 5.75 Å². The number of ether oxygens (including phenoxy) is 1. The lowest BCUT2D eigenvalue weighted by molar-refractivity contribution is 0.0943. The van der Waals surface area contributed by atoms with Crippen molar-refractivity contribution < 1.29 is 9.53 Å². The van der Waals surface area contributed by atoms with Crippen LogP contribution in [0.3, 0.4) is 0 Å². The summed E-state index contributed by atoms with van der Waals surface area (Å²) in [5.41, 5.74) is 0.554. The fraction of sp³-hybridized carbons (Fsp3) is 0.400. The molecule has 1 aromatic heterocycles. The van der Waals surface area contributed by atoms with Crippen LogP contribution in [0.2, 0.25) is 0 Å². The molecule has 0 atom stereocenters. The molecule has 0 spiro atoms. The standard InChI is InChI=1S/C25H32N4O3/c1-4-7-17-28(5-2)18-16-26-24(30)23-21-10-8-9-11-22(21)25(31)29(27-23)19-12-14-20(15-13-19)32-6-3/h8-15H,4-7,16-18H2,1-3H3,(H,26,30). The Balaban J connectivity index is 1.88. The summed E-state index contributed by atoms with van der Waals surface area (Å²) >= 11 is 0. The Morgan fingerprint density at radius 2 is 1.75 bits per heavy atom. The van der Waals surface area contributed by atoms with Crippen molar-refractivity contribution in [1.29, 1.82) is 0 Å². The Morgan fingerprint density at radius 1 is 1.03 bits per heavy atom. The number of aromatic nitrogens is 2. The molecule has 0 radical (unpaired) electrons. The maximum Gasteiger partial charge on any atom is 0.279 e. The Kier molecular flexibility index (Phi) is 8.39. The average Bonchev–Trinajstić information content (AvgIpc) is 2.82. The van der Waals surface area contributed by atoms with Crippen molar-refractivity contribution >= 4 is 16.7 Å². The number of nitrogens with one attached hydrogen (secondary N) is 1. The molecule has 1 N–H and O–H groups in total. The molecule has 7 heteroatoms. The molecular formula is C25H32N4O3. The fourth-order valence-electron chi connectivity index (χ4n) is 3.60. The van der Waals surface area contributed by atoms with Gasteiger partial charge in [-0.3, -0.25) is 9.59 Å². The van der Waals surface area contributed by atoms with Gasteiger partial charge in [0.05, 0.1) is 17.7 Å². The van der Waals surface area contributed by atoms with E-state index in [1.54, 1.807) is 42.5 Å². The zero-order chi connectivity index (χ0) is 22.9. The lowest BCUT2D eigenvalue weighted by Gasteiger charge is -2.20. The van der Waals surface area contributed by atoms with E-state index in [0.717, 1.165) is 32.5 Å². The lowest BCUT2D eigenvalue weighted by Crippen LogP contribution is -2.36. The number of carbonyl (C=O) groups excluding carboxylic acids is 1. The second-order valence-corrected chi connectivity index (χ2v) is 7.58. The zero-order valence-corrected chi connectivity index (χ0v) is 19.1. The summed E-state index contributed by atoms with van der Waals surface area (Å²) in [7, 11) is 0. The first-order valence-electron chi connectivity index (χ1n) is 11.3. The van der Waals surface area contributed by atoms with E-state index in [0.29, 0.717) is 35.4 Å². The zero-order valence-electron chi connectivity index (χ0n) is 19.1. The number of rotatable bonds is 11. The highest BCUT2D eigenvalue weighted by Crippen LogP contribution is 2.17. The van der Waals surface area contributed by atoms with Crippen LogP contribution >= 0.6 is 0 Å². The summed E-state index contributed by atoms with van der Waals surface area (Å²) in [6.45, 7) is 10.0. The predicted molar refractivity (Wildman–Crippen MR) is 128 cm³/mol. The number of amides is 1. The van der Waals surface area contributed by atoms with Crippen molar-refractivity contribution in [2.24, 2.45) is 0 Å². The normalized spacial score (nSPS) is 11.1. The molecule has 3 rings (SSSR count). The molecule has 0 unspecified atom stereocenters. The van der Waals surface area contributed by atoms with Gasteiger partial charge in [-0.25, -0.2) is 0 Å². The molecule has 0 aliphatic heterocycles. The fourth-order valence-corrected chi connectivity index (χ4v) is 3.60. The van der Waals surface area contributed by atoms with Gasteiger partial charge in [-0.15, -0.1) is 0 Å². The summed E-state index contributed by atoms with van der Waals surface area (Å²) < 4.78 is 6.76. The minimum atomic E-state index is -0.285. The molecule has 3 aromatic rings. The highest BCUT2D eigenvalue weighted by Gasteiger charge is 2.17. The van der Waals surface area contributed by atoms with Crippen LogP contribution in [0.15, 0.2) is 53.3 Å². The number of benzene rings is 2. The van der Waals surface area contributed by atoms with Gasteiger partial charge in [-0.1, -0.05) is 38.5 Å². The molecular weight excluding hydrogens is 404 g/mol. The van der Waals surface area contributed by atoms with Crippen molar-refractivity contribution in [3.63, 3.8) is 0 Å². The second-order valence-electron chi connectivity index (χ2n) is 7.58. The van der Waals surface area contributed by atoms with Crippen LogP contribution in [0, 0.1) is 0 Å². The molecule has 170 valence electrons. The van der Waals surface area contributed by atoms with Crippen LogP contribution in [-0.2, 0) is 0 Å². The average molecular weight is 437 g/mol. The van der Waals surface area contributed by atoms with Gasteiger partial charge in [0.25, 0.3) is 11.5 Å². The van der Waals surface area contributed by atoms with E-state index < -0.39 is 0 Å². The molecule has 0 aliphatic rings. The molecule has 0 saturated carbocycles. The number of carbonyl (C=O) groups is 1. The Morgan fingerprint density at radius 3 is 2.41 bits per heavy atom. The highest BCUT2D eigenvalue weighted by molar-refractivity contribution is 6.04. The first-order chi connectivity index (χ1) is 15.6. The maximum atomic E-state index is 13.1. The van der Waals surface area contributed by atoms with E-state index in [-0.39, 0.29) is 17.2 Å². The van der Waals surface area contributed by atoms with Crippen molar-refractivity contribution in [2.45, 2.75) is 33.6 Å². The Bertz CT molecular complexity index is 1090. The van der Waals surface area contributed by atoms with Crippen molar-refractivity contribution in [1.82, 2.24) is 20.0 Å². The summed E-state index contributed by atoms with van der Waals surface area (Å²) in [6.07, 6.45) is 2.28. The van der Waals surface area contributed by atoms with Crippen LogP contribution in [0.5, 0.6) is 5.75 Å². The van der Waals surface area contributed by atoms with E-state index in [9.17, 15) is 9.59 Å². The van der Waals surface area contributed by atoms with Crippen molar-refractivity contribution in [3.05, 3.63) is 64.6 Å². The second kappa shape index (κ2) is 11.4. The van der Waals surface area contributed by atoms with Gasteiger partial charge >= 0.3 is 0 Å². The van der Waals surface area contributed by atoms with Gasteiger partial charge in [0, 0.05) is 18.5 Å². The van der Waals surface area contributed by atoms with E-state index in [1.165, 1.54) is 4.68 Å². The third-order valence-corrected chi connectivity index (χ3v) is 5.40. The molecule has 0 saturated heterocycles. The first-order valence-corrected chi connectivity index (χ1v) is 11.3. The van der Waals surface area contributed by atoms with Gasteiger partial charge in [0.15, 0.2) is 5.69 Å². The summed E-state index contributed by atoms with van der Waals surface area (Å²) in [4.78, 5) is 28.5. The number of likely N-dealkylation sites (N-methyl/N-ethyl adjacent to an activating group) is 1. The first kappa shape index (κ1) is 23.5. The van der Waals surface area contributed by atoms with Crippen LogP contribution < -0.4 is 15.6 Å². The smallest absolute Gasteiger partial charge is 0.279 e. The lowest BCUT2D eigenvalue weighted by atomic mass is 10.1. The summed E-state index contributed by atoms with van der Waals surface area (Å²) in [5.74, 6) is 0.430. The highest BCUT2D eigenvalue weighted by atomic mass is 16.5. The monoisotopic (exact) mass is 436 g/mol. The number of nitrogens with zero attached hydrogens (tertiary/aromatic N) is 3. The largest absolute Gasteiger partial charge is 0.494 e. The van der Waals surface area contributed by atoms with Crippen molar-refractivity contribution in [3.8, 4) is 11.4 Å². The third kappa shape index (κ3) is 5.53. The molecule has 1 heterocycles. The molecule has 0 fully saturated rings. The van der Waals surface area contributed by atoms with Crippen molar-refractivity contribution in [2.75, 3.05) is 32.8 Å². The molecule has 0 bridgehead atoms. The molecule has 7 nitrogen and oxygen atoms in total. The number of unbranched alkanes of at least 4 members (excludes halogenated alkanes) is 1. The Labute approximate surface area is 189 Å². The molecule has 2 aromatic carbocycles. The van der Waals surface area contributed by atoms with Gasteiger partial charge in [-0.05, 0) is 56.8 Å². The predicted octanol–water partition coefficient (Wildman–Crippen LogP) is 3.64. The van der Waals surface area contributed by atoms with Gasteiger partial charge < -0.3 is 15.0 Å². The minimum Gasteiger partial charge on any atom is -0.494 e. The summed E-state index contributed by atoms with van der Waals surface area (Å²) in [6, 6.07) is 14.2. The quantitative estimate of drug-likeness (QED) is 0.497. The van der Waals surface area contributed by atoms with E-state index in [2.05, 4.69) is 29.2 Å². The van der Waals surface area contributed by atoms with Crippen LogP contribution in [0.25, 0.3) is 16.5 Å². The van der Waals surface area contributed by atoms with Crippen LogP contribution in [0.1, 0.15) is 44.1 Å². The van der Waals surface area contributed by atoms with E-state index in [1.807, 2.05) is 13.0 Å². The number of hydrogen-bond donors (Lipinski definition) is 1. The summed E-state index contributed by atoms with van der Waals surface area (Å²) in [5, 5.41) is 8.44. The van der Waals surface area contributed by atoms with Crippen LogP contribution in [0.4, 0.5) is 0 Å². The number of hydrogen-bond acceptors (Lipinski definition) is 5. The van der Waals surface area contributed by atoms with E-state index >= 15 is 0 Å². The third-order valence-electron chi connectivity index (χ3n) is 5.40. The van der Waals surface area contributed by atoms with E-state index in [4.69, 9.17) is 4.74 Å². The SMILES string of the molecule is CCCCN(CC)CCNC(=O)c1nn(-c2ccc(OCC)cc2)c(=O)c2ccccc12. The van der Waals surface area contributed by atoms with Gasteiger partial charge in [0.2, 0.25) is 0 Å². The van der Waals surface area contributed by atoms with Crippen LogP contribution in [-0.4, -0.2) is 53.4 Å². The topological polar surface area (TPSA) is 76.5 Å². The molecule has 32 heavy (non-hydrogen) atoms. The molecule has 0 aliphatic carbocycles. The maximum absolute atomic E-state index is 13.1. The molecule has 1 amide bonds. The van der Waals surface area contributed by atoms with Gasteiger partial charge in [-0.2, -0.15) is 9.78 Å².